The lowest BCUT2D eigenvalue weighted by Crippen LogP contribution is -2.39. The number of hydrogen-bond donors (Lipinski definition) is 0. The first-order valence-corrected chi connectivity index (χ1v) is 14.0. The maximum Gasteiger partial charge on any atom is 0.340 e. The van der Waals surface area contributed by atoms with E-state index in [0.29, 0.717) is 22.7 Å². The van der Waals surface area contributed by atoms with Gasteiger partial charge in [0.1, 0.15) is 5.75 Å². The minimum absolute atomic E-state index is 0.186. The minimum atomic E-state index is -0.949. The first kappa shape index (κ1) is 30.8. The maximum absolute atomic E-state index is 13.5. The van der Waals surface area contributed by atoms with Gasteiger partial charge in [0.05, 0.1) is 42.6 Å². The summed E-state index contributed by atoms with van der Waals surface area (Å²) in [5.74, 6) is -0.0387. The minimum Gasteiger partial charge on any atom is -0.492 e. The summed E-state index contributed by atoms with van der Waals surface area (Å²) in [7, 11) is 0. The Morgan fingerprint density at radius 3 is 2.31 bits per heavy atom. The third-order valence-corrected chi connectivity index (χ3v) is 6.83. The van der Waals surface area contributed by atoms with Crippen molar-refractivity contribution in [3.63, 3.8) is 0 Å². The lowest BCUT2D eigenvalue weighted by molar-refractivity contribution is -0.171. The average Bonchev–Trinajstić information content (AvgIpc) is 2.85. The lowest BCUT2D eigenvalue weighted by Gasteiger charge is -2.41. The molecule has 1 aliphatic rings. The summed E-state index contributed by atoms with van der Waals surface area (Å²) < 4.78 is 30.7. The number of nitrogens with zero attached hydrogens (tertiary/aromatic N) is 3. The number of rotatable bonds is 10. The summed E-state index contributed by atoms with van der Waals surface area (Å²) in [4.78, 5) is 25.3. The number of carbonyl (C=O) groups excluding carboxylic acids is 1. The van der Waals surface area contributed by atoms with E-state index in [1.807, 2.05) is 59.9 Å². The van der Waals surface area contributed by atoms with Crippen LogP contribution in [0.1, 0.15) is 85.6 Å². The first-order chi connectivity index (χ1) is 18.2. The van der Waals surface area contributed by atoms with Gasteiger partial charge in [0.2, 0.25) is 0 Å². The number of anilines is 1. The predicted octanol–water partition coefficient (Wildman–Crippen LogP) is 6.87. The van der Waals surface area contributed by atoms with Crippen LogP contribution in [-0.4, -0.2) is 54.0 Å². The van der Waals surface area contributed by atoms with Gasteiger partial charge in [0.25, 0.3) is 0 Å². The van der Waals surface area contributed by atoms with E-state index in [9.17, 15) is 9.18 Å². The van der Waals surface area contributed by atoms with Gasteiger partial charge in [-0.25, -0.2) is 4.79 Å². The Morgan fingerprint density at radius 2 is 1.77 bits per heavy atom. The number of esters is 1. The van der Waals surface area contributed by atoms with Crippen LogP contribution < -0.4 is 9.64 Å². The Kier molecular flexibility index (Phi) is 9.97. The van der Waals surface area contributed by atoms with Crippen LogP contribution in [0, 0.1) is 18.3 Å². The molecule has 2 aromatic rings. The van der Waals surface area contributed by atoms with E-state index in [-0.39, 0.29) is 24.0 Å². The number of halogens is 1. The Bertz CT molecular complexity index is 1100. The second kappa shape index (κ2) is 12.6. The fourth-order valence-corrected chi connectivity index (χ4v) is 4.57. The van der Waals surface area contributed by atoms with Crippen molar-refractivity contribution in [2.24, 2.45) is 11.3 Å². The Morgan fingerprint density at radius 1 is 1.10 bits per heavy atom. The number of aromatic nitrogens is 2. The van der Waals surface area contributed by atoms with Crippen molar-refractivity contribution in [3.05, 3.63) is 35.8 Å². The smallest absolute Gasteiger partial charge is 0.340 e. The highest BCUT2D eigenvalue weighted by Crippen LogP contribution is 2.43. The standard InChI is InChI=1S/C31H46FN3O4/c1-20(2)38-29(36)28(39-30(5,6)7)26-22(4)33-18-24(27(26)35-14-12-31(8,9)13-15-35)25-11-10-23(17-34-25)37-19-21(3)16-32/h10-11,17-18,20-21,28H,12-16,19H2,1-9H3/t21?,28-/m0/s1. The molecule has 0 amide bonds. The van der Waals surface area contributed by atoms with Crippen LogP contribution in [0.25, 0.3) is 11.3 Å². The van der Waals surface area contributed by atoms with Crippen molar-refractivity contribution < 1.29 is 23.4 Å². The SMILES string of the molecule is Cc1ncc(-c2ccc(OCC(C)CF)cn2)c(N2CCC(C)(C)CC2)c1[C@H](OC(C)(C)C)C(=O)OC(C)C. The van der Waals surface area contributed by atoms with E-state index >= 15 is 0 Å². The zero-order valence-electron chi connectivity index (χ0n) is 25.1. The van der Waals surface area contributed by atoms with Gasteiger partial charge in [0.15, 0.2) is 6.10 Å². The molecule has 0 N–H and O–H groups in total. The van der Waals surface area contributed by atoms with Gasteiger partial charge < -0.3 is 19.1 Å². The summed E-state index contributed by atoms with van der Waals surface area (Å²) in [5.41, 5.74) is 3.50. The van der Waals surface area contributed by atoms with Crippen molar-refractivity contribution in [2.45, 2.75) is 93.0 Å². The number of ether oxygens (including phenoxy) is 3. The zero-order chi connectivity index (χ0) is 29.0. The molecule has 3 heterocycles. The van der Waals surface area contributed by atoms with Gasteiger partial charge in [-0.15, -0.1) is 0 Å². The van der Waals surface area contributed by atoms with Crippen molar-refractivity contribution in [2.75, 3.05) is 31.3 Å². The van der Waals surface area contributed by atoms with E-state index < -0.39 is 24.3 Å². The van der Waals surface area contributed by atoms with Crippen LogP contribution in [0.4, 0.5) is 10.1 Å². The Hall–Kier alpha value is -2.74. The molecule has 39 heavy (non-hydrogen) atoms. The van der Waals surface area contributed by atoms with Gasteiger partial charge >= 0.3 is 5.97 Å². The number of alkyl halides is 1. The second-order valence-electron chi connectivity index (χ2n) is 12.7. The Labute approximate surface area is 233 Å². The molecule has 8 heteroatoms. The molecule has 1 saturated heterocycles. The molecule has 1 aliphatic heterocycles. The van der Waals surface area contributed by atoms with Gasteiger partial charge in [-0.2, -0.15) is 0 Å². The van der Waals surface area contributed by atoms with Crippen molar-refractivity contribution in [1.29, 1.82) is 0 Å². The van der Waals surface area contributed by atoms with E-state index in [1.54, 1.807) is 13.1 Å². The van der Waals surface area contributed by atoms with Crippen LogP contribution >= 0.6 is 0 Å². The summed E-state index contributed by atoms with van der Waals surface area (Å²) >= 11 is 0. The monoisotopic (exact) mass is 543 g/mol. The van der Waals surface area contributed by atoms with Crippen molar-refractivity contribution >= 4 is 11.7 Å². The normalized spacial score (nSPS) is 17.2. The average molecular weight is 544 g/mol. The molecule has 7 nitrogen and oxygen atoms in total. The number of carbonyl (C=O) groups is 1. The third-order valence-electron chi connectivity index (χ3n) is 6.83. The summed E-state index contributed by atoms with van der Waals surface area (Å²) in [6, 6.07) is 3.72. The zero-order valence-corrected chi connectivity index (χ0v) is 25.1. The highest BCUT2D eigenvalue weighted by Gasteiger charge is 2.37. The molecular formula is C31H46FN3O4. The topological polar surface area (TPSA) is 73.8 Å². The van der Waals surface area contributed by atoms with Gasteiger partial charge in [0, 0.05) is 42.0 Å². The van der Waals surface area contributed by atoms with Gasteiger partial charge in [-0.3, -0.25) is 14.4 Å². The fourth-order valence-electron chi connectivity index (χ4n) is 4.57. The van der Waals surface area contributed by atoms with E-state index in [4.69, 9.17) is 24.2 Å². The molecule has 0 bridgehead atoms. The largest absolute Gasteiger partial charge is 0.492 e. The molecule has 2 aromatic heterocycles. The molecule has 1 unspecified atom stereocenters. The Balaban J connectivity index is 2.14. The molecular weight excluding hydrogens is 497 g/mol. The molecule has 0 saturated carbocycles. The summed E-state index contributed by atoms with van der Waals surface area (Å²) in [5, 5.41) is 0. The molecule has 2 atom stereocenters. The van der Waals surface area contributed by atoms with Crippen LogP contribution in [0.15, 0.2) is 24.5 Å². The van der Waals surface area contributed by atoms with Gasteiger partial charge in [-0.1, -0.05) is 20.8 Å². The quantitative estimate of drug-likeness (QED) is 0.303. The molecule has 0 radical (unpaired) electrons. The lowest BCUT2D eigenvalue weighted by atomic mass is 9.82. The summed E-state index contributed by atoms with van der Waals surface area (Å²) in [6.07, 6.45) is 4.27. The predicted molar refractivity (Wildman–Crippen MR) is 153 cm³/mol. The molecule has 0 spiro atoms. The van der Waals surface area contributed by atoms with E-state index in [1.165, 1.54) is 0 Å². The third kappa shape index (κ3) is 8.37. The number of hydrogen-bond acceptors (Lipinski definition) is 7. The van der Waals surface area contributed by atoms with Crippen LogP contribution in [0.5, 0.6) is 5.75 Å². The van der Waals surface area contributed by atoms with Crippen LogP contribution in [0.3, 0.4) is 0 Å². The van der Waals surface area contributed by atoms with Crippen molar-refractivity contribution in [1.82, 2.24) is 9.97 Å². The number of aryl methyl sites for hydroxylation is 1. The number of piperidine rings is 1. The van der Waals surface area contributed by atoms with Crippen LogP contribution in [-0.2, 0) is 14.3 Å². The van der Waals surface area contributed by atoms with E-state index in [0.717, 1.165) is 37.2 Å². The highest BCUT2D eigenvalue weighted by atomic mass is 19.1. The molecule has 0 aliphatic carbocycles. The summed E-state index contributed by atoms with van der Waals surface area (Å²) in [6.45, 7) is 19.3. The molecule has 3 rings (SSSR count). The second-order valence-corrected chi connectivity index (χ2v) is 12.7. The van der Waals surface area contributed by atoms with Crippen molar-refractivity contribution in [3.8, 4) is 17.0 Å². The molecule has 1 fully saturated rings. The maximum atomic E-state index is 13.5. The molecule has 216 valence electrons. The van der Waals surface area contributed by atoms with E-state index in [2.05, 4.69) is 18.7 Å². The number of pyridine rings is 2. The highest BCUT2D eigenvalue weighted by molar-refractivity contribution is 5.86. The van der Waals surface area contributed by atoms with Crippen LogP contribution in [0.2, 0.25) is 0 Å². The first-order valence-electron chi connectivity index (χ1n) is 14.0. The van der Waals surface area contributed by atoms with Gasteiger partial charge in [-0.05, 0) is 71.9 Å². The fraction of sp³-hybridized carbons (Fsp3) is 0.645. The molecule has 0 aromatic carbocycles.